The van der Waals surface area contributed by atoms with E-state index in [1.807, 2.05) is 12.1 Å². The van der Waals surface area contributed by atoms with Crippen molar-refractivity contribution < 1.29 is 13.9 Å². The zero-order chi connectivity index (χ0) is 20.8. The van der Waals surface area contributed by atoms with Crippen LogP contribution in [0.25, 0.3) is 0 Å². The van der Waals surface area contributed by atoms with Crippen LogP contribution in [0, 0.1) is 5.82 Å². The molecule has 0 unspecified atom stereocenters. The first-order valence-electron chi connectivity index (χ1n) is 9.90. The summed E-state index contributed by atoms with van der Waals surface area (Å²) in [5, 5.41) is 3.89. The summed E-state index contributed by atoms with van der Waals surface area (Å²) in [5.74, 6) is 0.740. The number of hydrogen-bond acceptors (Lipinski definition) is 4. The minimum absolute atomic E-state index is 0.0204. The van der Waals surface area contributed by atoms with E-state index in [0.717, 1.165) is 29.7 Å². The number of methoxy groups -OCH3 is 1. The summed E-state index contributed by atoms with van der Waals surface area (Å²) in [6.07, 6.45) is 2.52. The van der Waals surface area contributed by atoms with Crippen molar-refractivity contribution in [3.63, 3.8) is 0 Å². The molecule has 0 amide bonds. The third kappa shape index (κ3) is 5.63. The Morgan fingerprint density at radius 2 is 2.17 bits per heavy atom. The Labute approximate surface area is 185 Å². The molecule has 4 nitrogen and oxygen atoms in total. The van der Waals surface area contributed by atoms with Gasteiger partial charge in [0.1, 0.15) is 12.4 Å². The number of likely N-dealkylation sites (tertiary alicyclic amines) is 1. The van der Waals surface area contributed by atoms with E-state index in [9.17, 15) is 4.39 Å². The maximum absolute atomic E-state index is 14.0. The monoisotopic (exact) mass is 484 g/mol. The molecule has 1 heterocycles. The van der Waals surface area contributed by atoms with Crippen LogP contribution in [0.5, 0.6) is 11.5 Å². The Morgan fingerprint density at radius 1 is 1.34 bits per heavy atom. The molecule has 0 spiro atoms. The van der Waals surface area contributed by atoms with Crippen LogP contribution < -0.4 is 14.8 Å². The summed E-state index contributed by atoms with van der Waals surface area (Å²) in [7, 11) is 1.60. The van der Waals surface area contributed by atoms with Crippen LogP contribution in [-0.2, 0) is 13.2 Å². The van der Waals surface area contributed by atoms with Gasteiger partial charge in [0.15, 0.2) is 11.5 Å². The number of halogens is 3. The van der Waals surface area contributed by atoms with Gasteiger partial charge in [0, 0.05) is 24.7 Å². The van der Waals surface area contributed by atoms with Gasteiger partial charge in [-0.05, 0) is 71.7 Å². The maximum atomic E-state index is 14.0. The van der Waals surface area contributed by atoms with E-state index >= 15 is 0 Å². The van der Waals surface area contributed by atoms with E-state index in [0.29, 0.717) is 28.1 Å². The number of hydrogen-bond donors (Lipinski definition) is 1. The van der Waals surface area contributed by atoms with Gasteiger partial charge in [0.25, 0.3) is 0 Å². The van der Waals surface area contributed by atoms with Crippen LogP contribution in [0.3, 0.4) is 0 Å². The van der Waals surface area contributed by atoms with Gasteiger partial charge >= 0.3 is 0 Å². The number of benzene rings is 2. The van der Waals surface area contributed by atoms with Crippen LogP contribution in [0.1, 0.15) is 30.9 Å². The normalized spacial score (nSPS) is 16.9. The molecule has 0 radical (unpaired) electrons. The van der Waals surface area contributed by atoms with Gasteiger partial charge in [-0.25, -0.2) is 4.39 Å². The Morgan fingerprint density at radius 3 is 2.90 bits per heavy atom. The van der Waals surface area contributed by atoms with Crippen molar-refractivity contribution in [3.05, 3.63) is 56.8 Å². The van der Waals surface area contributed by atoms with Gasteiger partial charge in [0.05, 0.1) is 16.6 Å². The lowest BCUT2D eigenvalue weighted by atomic mass is 10.1. The lowest BCUT2D eigenvalue weighted by Gasteiger charge is -2.23. The third-order valence-electron chi connectivity index (χ3n) is 5.33. The quantitative estimate of drug-likeness (QED) is 0.515. The zero-order valence-electron chi connectivity index (χ0n) is 16.8. The Hall–Kier alpha value is -1.34. The highest BCUT2D eigenvalue weighted by Crippen LogP contribution is 2.37. The van der Waals surface area contributed by atoms with Crippen molar-refractivity contribution in [2.75, 3.05) is 26.7 Å². The Balaban J connectivity index is 1.64. The molecule has 29 heavy (non-hydrogen) atoms. The van der Waals surface area contributed by atoms with Gasteiger partial charge < -0.3 is 14.8 Å². The number of nitrogens with zero attached hydrogens (tertiary/aromatic N) is 1. The van der Waals surface area contributed by atoms with Crippen LogP contribution in [-0.4, -0.2) is 37.7 Å². The highest BCUT2D eigenvalue weighted by molar-refractivity contribution is 9.10. The van der Waals surface area contributed by atoms with Crippen molar-refractivity contribution in [3.8, 4) is 11.5 Å². The fourth-order valence-electron chi connectivity index (χ4n) is 3.76. The van der Waals surface area contributed by atoms with Crippen molar-refractivity contribution in [1.29, 1.82) is 0 Å². The first-order chi connectivity index (χ1) is 14.0. The van der Waals surface area contributed by atoms with Crippen molar-refractivity contribution in [2.24, 2.45) is 0 Å². The highest BCUT2D eigenvalue weighted by atomic mass is 79.9. The van der Waals surface area contributed by atoms with Crippen LogP contribution in [0.15, 0.2) is 34.8 Å². The first kappa shape index (κ1) is 22.3. The number of nitrogens with one attached hydrogen (secondary N) is 1. The van der Waals surface area contributed by atoms with Gasteiger partial charge in [-0.1, -0.05) is 24.6 Å². The second-order valence-electron chi connectivity index (χ2n) is 7.15. The van der Waals surface area contributed by atoms with E-state index in [4.69, 9.17) is 21.1 Å². The van der Waals surface area contributed by atoms with Crippen LogP contribution in [0.4, 0.5) is 4.39 Å². The first-order valence-corrected chi connectivity index (χ1v) is 11.1. The molecule has 1 N–H and O–H groups in total. The van der Waals surface area contributed by atoms with Gasteiger partial charge in [-0.2, -0.15) is 0 Å². The number of ether oxygens (including phenoxy) is 2. The summed E-state index contributed by atoms with van der Waals surface area (Å²) in [6, 6.07) is 9.15. The maximum Gasteiger partial charge on any atom is 0.175 e. The van der Waals surface area contributed by atoms with Gasteiger partial charge in [-0.15, -0.1) is 0 Å². The average Bonchev–Trinajstić information content (AvgIpc) is 3.16. The molecule has 0 bridgehead atoms. The van der Waals surface area contributed by atoms with Gasteiger partial charge in [-0.3, -0.25) is 4.90 Å². The minimum atomic E-state index is -0.388. The fourth-order valence-corrected chi connectivity index (χ4v) is 4.58. The Kier molecular flexibility index (Phi) is 8.18. The van der Waals surface area contributed by atoms with Gasteiger partial charge in [0.2, 0.25) is 0 Å². The second kappa shape index (κ2) is 10.6. The molecule has 2 aromatic carbocycles. The Bertz CT molecular complexity index is 816. The lowest BCUT2D eigenvalue weighted by molar-refractivity contribution is 0.259. The zero-order valence-corrected chi connectivity index (χ0v) is 19.2. The van der Waals surface area contributed by atoms with E-state index in [1.165, 1.54) is 25.5 Å². The highest BCUT2D eigenvalue weighted by Gasteiger charge is 2.22. The molecule has 1 aliphatic heterocycles. The molecule has 1 fully saturated rings. The van der Waals surface area contributed by atoms with E-state index in [-0.39, 0.29) is 12.4 Å². The standard InChI is InChI=1S/C22H27BrClFN2O2/c1-3-27-9-5-6-16(27)13-26-12-15-10-18(23)22(21(11-15)28-2)29-14-17-19(24)7-4-8-20(17)25/h4,7-8,10-11,16,26H,3,5-6,9,12-14H2,1-2H3/t16-/m1/s1. The molecule has 1 atom stereocenters. The van der Waals surface area contributed by atoms with E-state index < -0.39 is 0 Å². The molecule has 3 rings (SSSR count). The molecule has 2 aromatic rings. The van der Waals surface area contributed by atoms with Crippen LogP contribution in [0.2, 0.25) is 5.02 Å². The fraction of sp³-hybridized carbons (Fsp3) is 0.455. The molecule has 1 aliphatic rings. The number of rotatable bonds is 9. The molecular formula is C22H27BrClFN2O2. The smallest absolute Gasteiger partial charge is 0.175 e. The summed E-state index contributed by atoms with van der Waals surface area (Å²) >= 11 is 9.65. The second-order valence-corrected chi connectivity index (χ2v) is 8.41. The third-order valence-corrected chi connectivity index (χ3v) is 6.27. The van der Waals surface area contributed by atoms with Crippen molar-refractivity contribution >= 4 is 27.5 Å². The summed E-state index contributed by atoms with van der Waals surface area (Å²) in [6.45, 7) is 6.24. The lowest BCUT2D eigenvalue weighted by Crippen LogP contribution is -2.37. The topological polar surface area (TPSA) is 33.7 Å². The van der Waals surface area contributed by atoms with Crippen LogP contribution >= 0.6 is 27.5 Å². The predicted octanol–water partition coefficient (Wildman–Crippen LogP) is 5.40. The molecule has 0 aliphatic carbocycles. The number of likely N-dealkylation sites (N-methyl/N-ethyl adjacent to an activating group) is 1. The molecule has 158 valence electrons. The summed E-state index contributed by atoms with van der Waals surface area (Å²) in [5.41, 5.74) is 1.41. The summed E-state index contributed by atoms with van der Waals surface area (Å²) < 4.78 is 26.1. The average molecular weight is 486 g/mol. The van der Waals surface area contributed by atoms with E-state index in [2.05, 4.69) is 33.1 Å². The summed E-state index contributed by atoms with van der Waals surface area (Å²) in [4.78, 5) is 2.52. The SMILES string of the molecule is CCN1CCC[C@@H]1CNCc1cc(Br)c(OCc2c(F)cccc2Cl)c(OC)c1. The molecular weight excluding hydrogens is 459 g/mol. The molecule has 0 aromatic heterocycles. The molecule has 0 saturated carbocycles. The van der Waals surface area contributed by atoms with Crippen molar-refractivity contribution in [1.82, 2.24) is 10.2 Å². The van der Waals surface area contributed by atoms with E-state index in [1.54, 1.807) is 19.2 Å². The predicted molar refractivity (Wildman–Crippen MR) is 118 cm³/mol. The molecule has 1 saturated heterocycles. The minimum Gasteiger partial charge on any atom is -0.493 e. The largest absolute Gasteiger partial charge is 0.493 e. The molecule has 7 heteroatoms. The van der Waals surface area contributed by atoms with Crippen molar-refractivity contribution in [2.45, 2.75) is 39.0 Å².